The molecule has 1 saturated heterocycles. The summed E-state index contributed by atoms with van der Waals surface area (Å²) in [6.45, 7) is 7.35. The lowest BCUT2D eigenvalue weighted by atomic mass is 9.93. The van der Waals surface area contributed by atoms with E-state index in [1.54, 1.807) is 6.92 Å². The van der Waals surface area contributed by atoms with Gasteiger partial charge in [0.15, 0.2) is 18.3 Å². The Hall–Kier alpha value is -1.63. The number of esters is 3. The first-order chi connectivity index (χ1) is 9.76. The highest BCUT2D eigenvalue weighted by atomic mass is 16.6. The lowest BCUT2D eigenvalue weighted by molar-refractivity contribution is -0.243. The van der Waals surface area contributed by atoms with E-state index < -0.39 is 48.4 Å². The van der Waals surface area contributed by atoms with E-state index in [2.05, 4.69) is 0 Å². The molecule has 0 aromatic carbocycles. The molecule has 1 aliphatic rings. The molecule has 1 heterocycles. The Morgan fingerprint density at radius 2 is 1.29 bits per heavy atom. The summed E-state index contributed by atoms with van der Waals surface area (Å²) in [6, 6.07) is 0. The van der Waals surface area contributed by atoms with Crippen molar-refractivity contribution in [2.75, 3.05) is 0 Å². The molecule has 7 nitrogen and oxygen atoms in total. The first-order valence-corrected chi connectivity index (χ1v) is 6.93. The van der Waals surface area contributed by atoms with E-state index in [0.29, 0.717) is 6.42 Å². The van der Waals surface area contributed by atoms with Gasteiger partial charge < -0.3 is 18.9 Å². The Labute approximate surface area is 123 Å². The molecule has 0 aromatic rings. The fraction of sp³-hybridized carbons (Fsp3) is 0.786. The van der Waals surface area contributed by atoms with E-state index >= 15 is 0 Å². The molecule has 0 amide bonds. The molecular weight excluding hydrogens is 280 g/mol. The Kier molecular flexibility index (Phi) is 6.14. The Bertz CT molecular complexity index is 406. The average molecular weight is 302 g/mol. The summed E-state index contributed by atoms with van der Waals surface area (Å²) >= 11 is 0. The summed E-state index contributed by atoms with van der Waals surface area (Å²) < 4.78 is 21.4. The van der Waals surface area contributed by atoms with Crippen molar-refractivity contribution in [3.63, 3.8) is 0 Å². The minimum Gasteiger partial charge on any atom is -0.456 e. The Balaban J connectivity index is 3.08. The number of hydrogen-bond acceptors (Lipinski definition) is 7. The second-order valence-corrected chi connectivity index (χ2v) is 5.01. The van der Waals surface area contributed by atoms with Gasteiger partial charge in [-0.05, 0) is 13.3 Å². The van der Waals surface area contributed by atoms with Crippen LogP contribution in [0.1, 0.15) is 41.0 Å². The first kappa shape index (κ1) is 17.4. The molecule has 0 saturated carbocycles. The van der Waals surface area contributed by atoms with Crippen LogP contribution >= 0.6 is 0 Å². The van der Waals surface area contributed by atoms with Gasteiger partial charge in [-0.3, -0.25) is 14.4 Å². The maximum absolute atomic E-state index is 11.3. The van der Waals surface area contributed by atoms with E-state index in [-0.39, 0.29) is 0 Å². The van der Waals surface area contributed by atoms with E-state index in [4.69, 9.17) is 18.9 Å². The number of carbonyl (C=O) groups excluding carboxylic acids is 3. The van der Waals surface area contributed by atoms with Crippen LogP contribution in [0.4, 0.5) is 0 Å². The zero-order valence-corrected chi connectivity index (χ0v) is 13.0. The molecule has 1 rings (SSSR count). The molecule has 1 aliphatic heterocycles. The zero-order chi connectivity index (χ0) is 16.2. The molecule has 0 N–H and O–H groups in total. The van der Waals surface area contributed by atoms with Crippen molar-refractivity contribution >= 4 is 17.9 Å². The van der Waals surface area contributed by atoms with Crippen LogP contribution in [-0.4, -0.2) is 48.4 Å². The van der Waals surface area contributed by atoms with Gasteiger partial charge in [0.2, 0.25) is 0 Å². The minimum absolute atomic E-state index is 0.431. The second kappa shape index (κ2) is 7.40. The standard InChI is InChI=1S/C14H22O7/c1-6-11-13(20-9(4)16)14(21-10(5)17)12(7(2)18-11)19-8(3)15/h7,11-14H,6H2,1-5H3/t7-,11-,12-,13-,14-/m1/s1. The van der Waals surface area contributed by atoms with Crippen LogP contribution in [0.2, 0.25) is 0 Å². The zero-order valence-electron chi connectivity index (χ0n) is 13.0. The van der Waals surface area contributed by atoms with Crippen LogP contribution in [0.25, 0.3) is 0 Å². The fourth-order valence-electron chi connectivity index (χ4n) is 2.44. The first-order valence-electron chi connectivity index (χ1n) is 6.93. The van der Waals surface area contributed by atoms with Crippen LogP contribution in [0.3, 0.4) is 0 Å². The SMILES string of the molecule is CC[C@H]1O[C@H](C)[C@@H](OC(C)=O)[C@@H](OC(C)=O)[C@@H]1OC(C)=O. The lowest BCUT2D eigenvalue weighted by Crippen LogP contribution is -2.60. The largest absolute Gasteiger partial charge is 0.456 e. The third-order valence-corrected chi connectivity index (χ3v) is 3.17. The summed E-state index contributed by atoms with van der Waals surface area (Å²) in [5.41, 5.74) is 0. The normalized spacial score (nSPS) is 32.1. The topological polar surface area (TPSA) is 88.1 Å². The monoisotopic (exact) mass is 302 g/mol. The maximum atomic E-state index is 11.3. The molecule has 21 heavy (non-hydrogen) atoms. The number of rotatable bonds is 4. The van der Waals surface area contributed by atoms with Gasteiger partial charge in [-0.25, -0.2) is 0 Å². The molecule has 0 spiro atoms. The highest BCUT2D eigenvalue weighted by Crippen LogP contribution is 2.29. The van der Waals surface area contributed by atoms with Gasteiger partial charge >= 0.3 is 17.9 Å². The molecule has 1 fully saturated rings. The second-order valence-electron chi connectivity index (χ2n) is 5.01. The van der Waals surface area contributed by atoms with Crippen molar-refractivity contribution < 1.29 is 33.3 Å². The maximum Gasteiger partial charge on any atom is 0.303 e. The number of carbonyl (C=O) groups is 3. The van der Waals surface area contributed by atoms with Crippen molar-refractivity contribution in [2.24, 2.45) is 0 Å². The van der Waals surface area contributed by atoms with Crippen molar-refractivity contribution in [2.45, 2.75) is 71.6 Å². The van der Waals surface area contributed by atoms with Crippen LogP contribution in [-0.2, 0) is 33.3 Å². The predicted molar refractivity (Wildman–Crippen MR) is 71.3 cm³/mol. The fourth-order valence-corrected chi connectivity index (χ4v) is 2.44. The Morgan fingerprint density at radius 3 is 1.71 bits per heavy atom. The molecule has 0 bridgehead atoms. The molecule has 120 valence electrons. The third-order valence-electron chi connectivity index (χ3n) is 3.17. The summed E-state index contributed by atoms with van der Waals surface area (Å²) in [5.74, 6) is -1.59. The third kappa shape index (κ3) is 4.70. The number of hydrogen-bond donors (Lipinski definition) is 0. The van der Waals surface area contributed by atoms with Crippen LogP contribution in [0.15, 0.2) is 0 Å². The van der Waals surface area contributed by atoms with Crippen molar-refractivity contribution in [3.8, 4) is 0 Å². The van der Waals surface area contributed by atoms with Gasteiger partial charge in [-0.2, -0.15) is 0 Å². The molecule has 0 unspecified atom stereocenters. The minimum atomic E-state index is -0.885. The van der Waals surface area contributed by atoms with E-state index in [0.717, 1.165) is 0 Å². The molecule has 7 heteroatoms. The lowest BCUT2D eigenvalue weighted by Gasteiger charge is -2.43. The van der Waals surface area contributed by atoms with Crippen molar-refractivity contribution in [3.05, 3.63) is 0 Å². The average Bonchev–Trinajstić information content (AvgIpc) is 2.35. The highest BCUT2D eigenvalue weighted by Gasteiger charge is 2.49. The van der Waals surface area contributed by atoms with Gasteiger partial charge in [0.05, 0.1) is 12.2 Å². The van der Waals surface area contributed by atoms with Crippen LogP contribution in [0.5, 0.6) is 0 Å². The predicted octanol–water partition coefficient (Wildman–Crippen LogP) is 0.979. The summed E-state index contributed by atoms with van der Waals surface area (Å²) in [5, 5.41) is 0. The molecular formula is C14H22O7. The molecule has 0 aliphatic carbocycles. The van der Waals surface area contributed by atoms with Gasteiger partial charge in [0.1, 0.15) is 0 Å². The summed E-state index contributed by atoms with van der Waals surface area (Å²) in [7, 11) is 0. The van der Waals surface area contributed by atoms with Gasteiger partial charge in [0, 0.05) is 20.8 Å². The number of ether oxygens (including phenoxy) is 4. The van der Waals surface area contributed by atoms with Crippen molar-refractivity contribution in [1.29, 1.82) is 0 Å². The van der Waals surface area contributed by atoms with Crippen LogP contribution < -0.4 is 0 Å². The van der Waals surface area contributed by atoms with Crippen molar-refractivity contribution in [1.82, 2.24) is 0 Å². The van der Waals surface area contributed by atoms with E-state index in [9.17, 15) is 14.4 Å². The summed E-state index contributed by atoms with van der Waals surface area (Å²) in [4.78, 5) is 33.9. The Morgan fingerprint density at radius 1 is 0.857 bits per heavy atom. The van der Waals surface area contributed by atoms with Gasteiger partial charge in [0.25, 0.3) is 0 Å². The smallest absolute Gasteiger partial charge is 0.303 e. The molecule has 5 atom stereocenters. The quantitative estimate of drug-likeness (QED) is 0.565. The highest BCUT2D eigenvalue weighted by molar-refractivity contribution is 5.68. The van der Waals surface area contributed by atoms with Crippen LogP contribution in [0, 0.1) is 0 Å². The molecule has 0 aromatic heterocycles. The van der Waals surface area contributed by atoms with E-state index in [1.165, 1.54) is 20.8 Å². The molecule has 0 radical (unpaired) electrons. The van der Waals surface area contributed by atoms with E-state index in [1.807, 2.05) is 6.92 Å². The van der Waals surface area contributed by atoms with Gasteiger partial charge in [-0.15, -0.1) is 0 Å². The summed E-state index contributed by atoms with van der Waals surface area (Å²) in [6.07, 6.45) is -2.86. The van der Waals surface area contributed by atoms with Gasteiger partial charge in [-0.1, -0.05) is 6.92 Å².